The lowest BCUT2D eigenvalue weighted by Gasteiger charge is -2.35. The molecule has 1 aliphatic rings. The zero-order valence-electron chi connectivity index (χ0n) is 10.4. The number of nitrogens with one attached hydrogen (secondary N) is 1. The third kappa shape index (κ3) is 3.20. The van der Waals surface area contributed by atoms with E-state index in [-0.39, 0.29) is 29.4 Å². The fraction of sp³-hybridized carbons (Fsp3) is 0.545. The number of halogens is 1. The van der Waals surface area contributed by atoms with Crippen LogP contribution in [0.2, 0.25) is 0 Å². The van der Waals surface area contributed by atoms with Crippen molar-refractivity contribution in [3.8, 4) is 0 Å². The van der Waals surface area contributed by atoms with Gasteiger partial charge in [0.15, 0.2) is 0 Å². The van der Waals surface area contributed by atoms with Gasteiger partial charge in [-0.2, -0.15) is 4.31 Å². The predicted octanol–water partition coefficient (Wildman–Crippen LogP) is 0.874. The number of piperazine rings is 1. The molecule has 2 atom stereocenters. The summed E-state index contributed by atoms with van der Waals surface area (Å²) in [6.07, 6.45) is 2.97. The molecule has 0 bridgehead atoms. The van der Waals surface area contributed by atoms with Crippen molar-refractivity contribution < 1.29 is 8.42 Å². The van der Waals surface area contributed by atoms with Gasteiger partial charge in [-0.3, -0.25) is 4.98 Å². The molecule has 1 aliphatic heterocycles. The molecule has 18 heavy (non-hydrogen) atoms. The summed E-state index contributed by atoms with van der Waals surface area (Å²) < 4.78 is 26.2. The molecule has 0 aromatic carbocycles. The lowest BCUT2D eigenvalue weighted by molar-refractivity contribution is 0.263. The Morgan fingerprint density at radius 2 is 1.94 bits per heavy atom. The van der Waals surface area contributed by atoms with Crippen molar-refractivity contribution in [1.82, 2.24) is 14.6 Å². The SMILES string of the molecule is CC1CN(S(=O)(=O)c2cccnc2)CC(C)N1.Cl. The number of rotatable bonds is 2. The van der Waals surface area contributed by atoms with Crippen LogP contribution in [-0.2, 0) is 10.0 Å². The Kier molecular flexibility index (Phi) is 5.10. The van der Waals surface area contributed by atoms with E-state index in [0.717, 1.165) is 0 Å². The molecule has 1 saturated heterocycles. The van der Waals surface area contributed by atoms with Gasteiger partial charge in [0.25, 0.3) is 0 Å². The van der Waals surface area contributed by atoms with Gasteiger partial charge >= 0.3 is 0 Å². The van der Waals surface area contributed by atoms with Crippen LogP contribution in [0.5, 0.6) is 0 Å². The molecule has 1 aromatic heterocycles. The van der Waals surface area contributed by atoms with E-state index < -0.39 is 10.0 Å². The highest BCUT2D eigenvalue weighted by Gasteiger charge is 2.31. The highest BCUT2D eigenvalue weighted by Crippen LogP contribution is 2.17. The van der Waals surface area contributed by atoms with Crippen LogP contribution in [-0.4, -0.2) is 42.9 Å². The minimum absolute atomic E-state index is 0. The summed E-state index contributed by atoms with van der Waals surface area (Å²) >= 11 is 0. The van der Waals surface area contributed by atoms with E-state index in [1.807, 2.05) is 13.8 Å². The van der Waals surface area contributed by atoms with Crippen molar-refractivity contribution in [3.63, 3.8) is 0 Å². The average molecular weight is 292 g/mol. The minimum Gasteiger partial charge on any atom is -0.309 e. The van der Waals surface area contributed by atoms with Crippen LogP contribution >= 0.6 is 12.4 Å². The third-order valence-corrected chi connectivity index (χ3v) is 4.61. The summed E-state index contributed by atoms with van der Waals surface area (Å²) in [6, 6.07) is 3.57. The van der Waals surface area contributed by atoms with Crippen molar-refractivity contribution in [3.05, 3.63) is 24.5 Å². The van der Waals surface area contributed by atoms with Crippen LogP contribution in [0.4, 0.5) is 0 Å². The number of hydrogen-bond acceptors (Lipinski definition) is 4. The Bertz CT molecular complexity index is 470. The number of pyridine rings is 1. The monoisotopic (exact) mass is 291 g/mol. The first kappa shape index (κ1) is 15.4. The fourth-order valence-electron chi connectivity index (χ4n) is 2.12. The Morgan fingerprint density at radius 3 is 2.44 bits per heavy atom. The second kappa shape index (κ2) is 5.97. The lowest BCUT2D eigenvalue weighted by Crippen LogP contribution is -2.55. The highest BCUT2D eigenvalue weighted by molar-refractivity contribution is 7.89. The van der Waals surface area contributed by atoms with Gasteiger partial charge in [0, 0.05) is 37.6 Å². The van der Waals surface area contributed by atoms with Crippen LogP contribution < -0.4 is 5.32 Å². The summed E-state index contributed by atoms with van der Waals surface area (Å²) in [6.45, 7) is 4.98. The first-order valence-corrected chi connectivity index (χ1v) is 7.10. The largest absolute Gasteiger partial charge is 0.309 e. The molecule has 0 amide bonds. The van der Waals surface area contributed by atoms with Crippen molar-refractivity contribution in [2.45, 2.75) is 30.8 Å². The van der Waals surface area contributed by atoms with Crippen LogP contribution in [0.1, 0.15) is 13.8 Å². The molecule has 2 heterocycles. The summed E-state index contributed by atoms with van der Waals surface area (Å²) in [5, 5.41) is 3.31. The topological polar surface area (TPSA) is 62.3 Å². The zero-order valence-corrected chi connectivity index (χ0v) is 12.0. The van der Waals surface area contributed by atoms with Crippen molar-refractivity contribution >= 4 is 22.4 Å². The molecule has 0 aliphatic carbocycles. The molecule has 0 radical (unpaired) electrons. The van der Waals surface area contributed by atoms with Gasteiger partial charge in [0.05, 0.1) is 0 Å². The molecule has 2 unspecified atom stereocenters. The van der Waals surface area contributed by atoms with Crippen LogP contribution in [0.25, 0.3) is 0 Å². The van der Waals surface area contributed by atoms with Gasteiger partial charge in [-0.25, -0.2) is 8.42 Å². The quantitative estimate of drug-likeness (QED) is 0.878. The molecule has 0 spiro atoms. The molecule has 0 saturated carbocycles. The summed E-state index contributed by atoms with van der Waals surface area (Å²) in [7, 11) is -3.40. The Balaban J connectivity index is 0.00000162. The van der Waals surface area contributed by atoms with E-state index in [0.29, 0.717) is 13.1 Å². The van der Waals surface area contributed by atoms with Gasteiger partial charge in [-0.05, 0) is 26.0 Å². The van der Waals surface area contributed by atoms with Gasteiger partial charge < -0.3 is 5.32 Å². The molecule has 2 rings (SSSR count). The third-order valence-electron chi connectivity index (χ3n) is 2.80. The number of hydrogen-bond donors (Lipinski definition) is 1. The fourth-order valence-corrected chi connectivity index (χ4v) is 3.70. The summed E-state index contributed by atoms with van der Waals surface area (Å²) in [5.41, 5.74) is 0. The number of nitrogens with zero attached hydrogens (tertiary/aromatic N) is 2. The molecule has 1 N–H and O–H groups in total. The van der Waals surface area contributed by atoms with E-state index in [9.17, 15) is 8.42 Å². The summed E-state index contributed by atoms with van der Waals surface area (Å²) in [5.74, 6) is 0. The van der Waals surface area contributed by atoms with Crippen LogP contribution in [0.3, 0.4) is 0 Å². The smallest absolute Gasteiger partial charge is 0.244 e. The first-order chi connectivity index (χ1) is 8.00. The highest BCUT2D eigenvalue weighted by atomic mass is 35.5. The van der Waals surface area contributed by atoms with Crippen LogP contribution in [0.15, 0.2) is 29.4 Å². The van der Waals surface area contributed by atoms with Gasteiger partial charge in [-0.1, -0.05) is 0 Å². The van der Waals surface area contributed by atoms with E-state index in [1.165, 1.54) is 10.5 Å². The second-order valence-electron chi connectivity index (χ2n) is 4.48. The molecule has 1 aromatic rings. The number of sulfonamides is 1. The predicted molar refractivity (Wildman–Crippen MR) is 72.3 cm³/mol. The molecular formula is C11H18ClN3O2S. The maximum Gasteiger partial charge on any atom is 0.244 e. The van der Waals surface area contributed by atoms with E-state index in [2.05, 4.69) is 10.3 Å². The van der Waals surface area contributed by atoms with Gasteiger partial charge in [0.2, 0.25) is 10.0 Å². The van der Waals surface area contributed by atoms with E-state index in [1.54, 1.807) is 18.3 Å². The minimum atomic E-state index is -3.40. The Hall–Kier alpha value is -0.690. The van der Waals surface area contributed by atoms with E-state index in [4.69, 9.17) is 0 Å². The van der Waals surface area contributed by atoms with Gasteiger partial charge in [0.1, 0.15) is 4.90 Å². The number of aromatic nitrogens is 1. The maximum absolute atomic E-state index is 12.3. The maximum atomic E-state index is 12.3. The second-order valence-corrected chi connectivity index (χ2v) is 6.42. The molecule has 102 valence electrons. The van der Waals surface area contributed by atoms with E-state index >= 15 is 0 Å². The standard InChI is InChI=1S/C11H17N3O2S.ClH/c1-9-7-14(8-10(2)13-9)17(15,16)11-4-3-5-12-6-11;/h3-6,9-10,13H,7-8H2,1-2H3;1H. The van der Waals surface area contributed by atoms with Crippen LogP contribution in [0, 0.1) is 0 Å². The Morgan fingerprint density at radius 1 is 1.33 bits per heavy atom. The Labute approximate surface area is 114 Å². The van der Waals surface area contributed by atoms with Crippen molar-refractivity contribution in [1.29, 1.82) is 0 Å². The molecular weight excluding hydrogens is 274 g/mol. The lowest BCUT2D eigenvalue weighted by atomic mass is 10.2. The summed E-state index contributed by atoms with van der Waals surface area (Å²) in [4.78, 5) is 4.13. The molecule has 1 fully saturated rings. The first-order valence-electron chi connectivity index (χ1n) is 5.66. The normalized spacial score (nSPS) is 25.4. The van der Waals surface area contributed by atoms with Crippen molar-refractivity contribution in [2.24, 2.45) is 0 Å². The van der Waals surface area contributed by atoms with Gasteiger partial charge in [-0.15, -0.1) is 12.4 Å². The average Bonchev–Trinajstić information content (AvgIpc) is 2.29. The van der Waals surface area contributed by atoms with Crippen molar-refractivity contribution in [2.75, 3.05) is 13.1 Å². The zero-order chi connectivity index (χ0) is 12.5. The molecule has 7 heteroatoms. The molecule has 5 nitrogen and oxygen atoms in total.